The maximum absolute atomic E-state index is 14.0. The summed E-state index contributed by atoms with van der Waals surface area (Å²) in [5.41, 5.74) is 3.29. The summed E-state index contributed by atoms with van der Waals surface area (Å²) in [6.07, 6.45) is 3.10. The quantitative estimate of drug-likeness (QED) is 0.534. The van der Waals surface area contributed by atoms with Crippen LogP contribution in [0.3, 0.4) is 0 Å². The molecule has 0 unspecified atom stereocenters. The highest BCUT2D eigenvalue weighted by molar-refractivity contribution is 6.11. The van der Waals surface area contributed by atoms with E-state index in [0.717, 1.165) is 16.5 Å². The third-order valence-electron chi connectivity index (χ3n) is 4.11. The van der Waals surface area contributed by atoms with Crippen LogP contribution in [0.4, 0.5) is 10.1 Å². The molecule has 0 saturated heterocycles. The number of fused-ring (bicyclic) bond motifs is 1. The van der Waals surface area contributed by atoms with Crippen LogP contribution >= 0.6 is 0 Å². The normalized spacial score (nSPS) is 11.0. The molecule has 7 heteroatoms. The number of nitrogens with zero attached hydrogens (tertiary/aromatic N) is 2. The number of hydrogen-bond acceptors (Lipinski definition) is 3. The Labute approximate surface area is 142 Å². The molecule has 0 aliphatic rings. The molecule has 2 aromatic heterocycles. The number of nitrogens with one attached hydrogen (secondary N) is 3. The van der Waals surface area contributed by atoms with Gasteiger partial charge in [-0.05, 0) is 30.7 Å². The van der Waals surface area contributed by atoms with Crippen molar-refractivity contribution in [3.63, 3.8) is 0 Å². The second-order valence-corrected chi connectivity index (χ2v) is 5.68. The van der Waals surface area contributed by atoms with Gasteiger partial charge in [0.15, 0.2) is 0 Å². The predicted octanol–water partition coefficient (Wildman–Crippen LogP) is 3.65. The summed E-state index contributed by atoms with van der Waals surface area (Å²) < 4.78 is 14.0. The Morgan fingerprint density at radius 3 is 2.72 bits per heavy atom. The van der Waals surface area contributed by atoms with Crippen molar-refractivity contribution in [2.24, 2.45) is 0 Å². The lowest BCUT2D eigenvalue weighted by Crippen LogP contribution is -2.13. The second-order valence-electron chi connectivity index (χ2n) is 5.68. The maximum atomic E-state index is 14.0. The molecule has 2 aromatic carbocycles. The lowest BCUT2D eigenvalue weighted by molar-refractivity contribution is 0.102. The number of benzene rings is 2. The highest BCUT2D eigenvalue weighted by Crippen LogP contribution is 2.27. The first-order valence-corrected chi connectivity index (χ1v) is 7.67. The Balaban J connectivity index is 1.71. The van der Waals surface area contributed by atoms with E-state index in [9.17, 15) is 9.18 Å². The van der Waals surface area contributed by atoms with Crippen LogP contribution in [-0.2, 0) is 0 Å². The zero-order valence-electron chi connectivity index (χ0n) is 13.3. The topological polar surface area (TPSA) is 86.5 Å². The Hall–Kier alpha value is -3.48. The third-order valence-corrected chi connectivity index (χ3v) is 4.11. The summed E-state index contributed by atoms with van der Waals surface area (Å²) in [7, 11) is 0. The van der Waals surface area contributed by atoms with E-state index < -0.39 is 5.82 Å². The van der Waals surface area contributed by atoms with E-state index in [1.807, 2.05) is 13.0 Å². The van der Waals surface area contributed by atoms with Crippen molar-refractivity contribution in [2.75, 3.05) is 5.32 Å². The maximum Gasteiger partial charge on any atom is 0.259 e. The fraction of sp³-hybridized carbons (Fsp3) is 0.0556. The summed E-state index contributed by atoms with van der Waals surface area (Å²) in [5.74, 6) is -0.807. The number of aromatic nitrogens is 4. The van der Waals surface area contributed by atoms with Crippen molar-refractivity contribution < 1.29 is 9.18 Å². The van der Waals surface area contributed by atoms with Gasteiger partial charge in [0.05, 0.1) is 34.9 Å². The standard InChI is InChI=1S/C18H14FN5O/c1-10-6-7-15(17-12(10)8-20-24-17)22-18(25)13-9-21-23-16(13)11-4-2-3-5-14(11)19/h2-9H,1H3,(H,20,24)(H,21,23)(H,22,25). The lowest BCUT2D eigenvalue weighted by Gasteiger charge is -2.08. The van der Waals surface area contributed by atoms with Crippen molar-refractivity contribution in [1.29, 1.82) is 0 Å². The molecule has 4 aromatic rings. The van der Waals surface area contributed by atoms with E-state index in [4.69, 9.17) is 0 Å². The first-order valence-electron chi connectivity index (χ1n) is 7.67. The van der Waals surface area contributed by atoms with Crippen LogP contribution in [0.5, 0.6) is 0 Å². The van der Waals surface area contributed by atoms with Gasteiger partial charge >= 0.3 is 0 Å². The monoisotopic (exact) mass is 335 g/mol. The number of aromatic amines is 2. The van der Waals surface area contributed by atoms with Crippen LogP contribution in [0, 0.1) is 12.7 Å². The molecule has 1 amide bonds. The number of amides is 1. The molecule has 0 aliphatic heterocycles. The molecular formula is C18H14FN5O. The Morgan fingerprint density at radius 1 is 1.08 bits per heavy atom. The van der Waals surface area contributed by atoms with Crippen molar-refractivity contribution in [2.45, 2.75) is 6.92 Å². The number of aryl methyl sites for hydroxylation is 1. The third kappa shape index (κ3) is 2.55. The predicted molar refractivity (Wildman–Crippen MR) is 92.8 cm³/mol. The lowest BCUT2D eigenvalue weighted by atomic mass is 10.1. The van der Waals surface area contributed by atoms with E-state index >= 15 is 0 Å². The molecule has 124 valence electrons. The van der Waals surface area contributed by atoms with Gasteiger partial charge < -0.3 is 5.32 Å². The van der Waals surface area contributed by atoms with Crippen molar-refractivity contribution >= 4 is 22.5 Å². The average Bonchev–Trinajstić information content (AvgIpc) is 3.27. The van der Waals surface area contributed by atoms with Gasteiger partial charge in [0, 0.05) is 10.9 Å². The number of hydrogen-bond donors (Lipinski definition) is 3. The molecule has 2 heterocycles. The molecule has 0 bridgehead atoms. The number of halogens is 1. The molecule has 0 radical (unpaired) electrons. The minimum absolute atomic E-state index is 0.262. The number of H-pyrrole nitrogens is 2. The summed E-state index contributed by atoms with van der Waals surface area (Å²) in [4.78, 5) is 12.7. The first-order chi connectivity index (χ1) is 12.1. The van der Waals surface area contributed by atoms with E-state index in [1.165, 1.54) is 12.3 Å². The summed E-state index contributed by atoms with van der Waals surface area (Å²) >= 11 is 0. The fourth-order valence-electron chi connectivity index (χ4n) is 2.79. The summed E-state index contributed by atoms with van der Waals surface area (Å²) in [5, 5.41) is 17.3. The van der Waals surface area contributed by atoms with E-state index in [1.54, 1.807) is 30.5 Å². The van der Waals surface area contributed by atoms with E-state index in [2.05, 4.69) is 25.7 Å². The number of carbonyl (C=O) groups is 1. The average molecular weight is 335 g/mol. The smallest absolute Gasteiger partial charge is 0.259 e. The van der Waals surface area contributed by atoms with Gasteiger partial charge in [0.1, 0.15) is 5.82 Å². The first kappa shape index (κ1) is 15.1. The Kier molecular flexibility index (Phi) is 3.53. The summed E-state index contributed by atoms with van der Waals surface area (Å²) in [6, 6.07) is 9.94. The van der Waals surface area contributed by atoms with Gasteiger partial charge in [0.2, 0.25) is 0 Å². The highest BCUT2D eigenvalue weighted by atomic mass is 19.1. The summed E-state index contributed by atoms with van der Waals surface area (Å²) in [6.45, 7) is 1.97. The number of rotatable bonds is 3. The van der Waals surface area contributed by atoms with E-state index in [-0.39, 0.29) is 11.5 Å². The molecule has 0 spiro atoms. The largest absolute Gasteiger partial charge is 0.320 e. The molecule has 25 heavy (non-hydrogen) atoms. The molecule has 4 rings (SSSR count). The van der Waals surface area contributed by atoms with Gasteiger partial charge in [-0.25, -0.2) is 4.39 Å². The molecule has 0 atom stereocenters. The molecule has 0 fully saturated rings. The molecule has 6 nitrogen and oxygen atoms in total. The molecule has 0 saturated carbocycles. The number of carbonyl (C=O) groups excluding carboxylic acids is 1. The van der Waals surface area contributed by atoms with E-state index in [0.29, 0.717) is 16.9 Å². The zero-order chi connectivity index (χ0) is 17.4. The van der Waals surface area contributed by atoms with Crippen molar-refractivity contribution in [3.8, 4) is 11.3 Å². The Morgan fingerprint density at radius 2 is 1.88 bits per heavy atom. The van der Waals surface area contributed by atoms with Crippen LogP contribution in [0.1, 0.15) is 15.9 Å². The molecule has 3 N–H and O–H groups in total. The molecular weight excluding hydrogens is 321 g/mol. The van der Waals surface area contributed by atoms with Gasteiger partial charge in [0.25, 0.3) is 5.91 Å². The highest BCUT2D eigenvalue weighted by Gasteiger charge is 2.19. The van der Waals surface area contributed by atoms with Crippen molar-refractivity contribution in [3.05, 3.63) is 65.7 Å². The minimum atomic E-state index is -0.424. The van der Waals surface area contributed by atoms with Gasteiger partial charge in [-0.15, -0.1) is 0 Å². The van der Waals surface area contributed by atoms with Crippen LogP contribution in [0.15, 0.2) is 48.8 Å². The molecule has 0 aliphatic carbocycles. The Bertz CT molecular complexity index is 1080. The van der Waals surface area contributed by atoms with Gasteiger partial charge in [-0.2, -0.15) is 10.2 Å². The van der Waals surface area contributed by atoms with Gasteiger partial charge in [-0.1, -0.05) is 18.2 Å². The zero-order valence-corrected chi connectivity index (χ0v) is 13.3. The van der Waals surface area contributed by atoms with Gasteiger partial charge in [-0.3, -0.25) is 15.0 Å². The second kappa shape index (κ2) is 5.86. The minimum Gasteiger partial charge on any atom is -0.320 e. The van der Waals surface area contributed by atoms with Crippen LogP contribution in [0.25, 0.3) is 22.2 Å². The van der Waals surface area contributed by atoms with Crippen LogP contribution in [0.2, 0.25) is 0 Å². The SMILES string of the molecule is Cc1ccc(NC(=O)c2cn[nH]c2-c2ccccc2F)c2[nH]ncc12. The fourth-order valence-corrected chi connectivity index (χ4v) is 2.79. The van der Waals surface area contributed by atoms with Crippen LogP contribution < -0.4 is 5.32 Å². The number of anilines is 1. The van der Waals surface area contributed by atoms with Crippen molar-refractivity contribution in [1.82, 2.24) is 20.4 Å². The van der Waals surface area contributed by atoms with Crippen LogP contribution in [-0.4, -0.2) is 26.3 Å².